The molecule has 1 amide bonds. The molecule has 1 rings (SSSR count). The first-order valence-corrected chi connectivity index (χ1v) is 11.3. The summed E-state index contributed by atoms with van der Waals surface area (Å²) in [6.07, 6.45) is 0. The van der Waals surface area contributed by atoms with E-state index in [0.717, 1.165) is 15.7 Å². The molecular formula is C17H28BrNO2Si. The average Bonchev–Trinajstić information content (AvgIpc) is 2.37. The number of nitrogens with zero attached hydrogens (tertiary/aromatic N) is 1. The van der Waals surface area contributed by atoms with Crippen molar-refractivity contribution < 1.29 is 9.22 Å². The zero-order valence-electron chi connectivity index (χ0n) is 14.8. The van der Waals surface area contributed by atoms with Crippen LogP contribution in [0.1, 0.15) is 33.3 Å². The van der Waals surface area contributed by atoms with Crippen LogP contribution in [0.25, 0.3) is 0 Å². The Bertz CT molecular complexity index is 538. The maximum absolute atomic E-state index is 12.0. The Balaban J connectivity index is 2.83. The molecular weight excluding hydrogens is 358 g/mol. The van der Waals surface area contributed by atoms with E-state index in [2.05, 4.69) is 49.8 Å². The van der Waals surface area contributed by atoms with Gasteiger partial charge < -0.3 is 9.33 Å². The van der Waals surface area contributed by atoms with E-state index >= 15 is 0 Å². The summed E-state index contributed by atoms with van der Waals surface area (Å²) in [6.45, 7) is 15.9. The highest BCUT2D eigenvalue weighted by Crippen LogP contribution is 2.36. The first kappa shape index (κ1) is 19.4. The van der Waals surface area contributed by atoms with Crippen LogP contribution in [-0.2, 0) is 9.22 Å². The zero-order valence-corrected chi connectivity index (χ0v) is 17.4. The maximum atomic E-state index is 12.0. The van der Waals surface area contributed by atoms with Gasteiger partial charge in [-0.3, -0.25) is 4.79 Å². The third-order valence-corrected chi connectivity index (χ3v) is 9.89. The quantitative estimate of drug-likeness (QED) is 0.657. The fraction of sp³-hybridized carbons (Fsp3) is 0.588. The highest BCUT2D eigenvalue weighted by atomic mass is 79.9. The van der Waals surface area contributed by atoms with Gasteiger partial charge in [0.1, 0.15) is 0 Å². The molecule has 3 nitrogen and oxygen atoms in total. The zero-order chi connectivity index (χ0) is 17.1. The number of anilines is 1. The molecule has 0 aromatic heterocycles. The van der Waals surface area contributed by atoms with Gasteiger partial charge in [0, 0.05) is 23.6 Å². The van der Waals surface area contributed by atoms with Crippen molar-refractivity contribution in [3.05, 3.63) is 28.2 Å². The van der Waals surface area contributed by atoms with Gasteiger partial charge in [0.05, 0.1) is 6.61 Å². The number of hydrogen-bond donors (Lipinski definition) is 0. The lowest BCUT2D eigenvalue weighted by Gasteiger charge is -2.37. The topological polar surface area (TPSA) is 29.5 Å². The van der Waals surface area contributed by atoms with Crippen molar-refractivity contribution in [2.24, 2.45) is 0 Å². The van der Waals surface area contributed by atoms with Gasteiger partial charge in [0.15, 0.2) is 8.32 Å². The Morgan fingerprint density at radius 2 is 1.91 bits per heavy atom. The van der Waals surface area contributed by atoms with Crippen LogP contribution < -0.4 is 4.90 Å². The summed E-state index contributed by atoms with van der Waals surface area (Å²) >= 11 is 3.53. The molecule has 22 heavy (non-hydrogen) atoms. The largest absolute Gasteiger partial charge is 0.415 e. The molecule has 1 aromatic carbocycles. The van der Waals surface area contributed by atoms with Crippen LogP contribution in [0.15, 0.2) is 22.7 Å². The van der Waals surface area contributed by atoms with Crippen molar-refractivity contribution in [2.45, 2.75) is 52.8 Å². The monoisotopic (exact) mass is 385 g/mol. The van der Waals surface area contributed by atoms with E-state index in [1.165, 1.54) is 0 Å². The number of hydrogen-bond acceptors (Lipinski definition) is 2. The normalized spacial score (nSPS) is 12.4. The first-order chi connectivity index (χ1) is 9.97. The molecule has 0 radical (unpaired) electrons. The Kier molecular flexibility index (Phi) is 6.42. The molecule has 0 aliphatic rings. The number of halogens is 1. The summed E-state index contributed by atoms with van der Waals surface area (Å²) < 4.78 is 7.21. The second-order valence-corrected chi connectivity index (χ2v) is 12.8. The molecule has 1 aromatic rings. The summed E-state index contributed by atoms with van der Waals surface area (Å²) in [6, 6.07) is 5.92. The van der Waals surface area contributed by atoms with E-state index in [0.29, 0.717) is 13.2 Å². The van der Waals surface area contributed by atoms with Crippen LogP contribution in [-0.4, -0.2) is 27.4 Å². The van der Waals surface area contributed by atoms with Gasteiger partial charge in [-0.2, -0.15) is 0 Å². The third kappa shape index (κ3) is 4.67. The fourth-order valence-electron chi connectivity index (χ4n) is 1.94. The molecule has 0 saturated carbocycles. The summed E-state index contributed by atoms with van der Waals surface area (Å²) in [5.41, 5.74) is 2.02. The standard InChI is InChI=1S/C17H28BrNO2Si/c1-13-15(18)9-8-10-16(13)19(14(2)20)11-12-21-22(6,7)17(3,4)5/h8-10H,11-12H2,1-7H3. The van der Waals surface area contributed by atoms with E-state index in [1.807, 2.05) is 25.1 Å². The van der Waals surface area contributed by atoms with E-state index in [1.54, 1.807) is 11.8 Å². The summed E-state index contributed by atoms with van der Waals surface area (Å²) in [5.74, 6) is 0.0417. The van der Waals surface area contributed by atoms with Crippen molar-refractivity contribution in [1.29, 1.82) is 0 Å². The minimum atomic E-state index is -1.78. The second-order valence-electron chi connectivity index (χ2n) is 7.16. The van der Waals surface area contributed by atoms with Gasteiger partial charge in [-0.15, -0.1) is 0 Å². The average molecular weight is 386 g/mol. The minimum absolute atomic E-state index is 0.0417. The molecule has 0 N–H and O–H groups in total. The molecule has 0 atom stereocenters. The van der Waals surface area contributed by atoms with Gasteiger partial charge >= 0.3 is 0 Å². The van der Waals surface area contributed by atoms with Crippen LogP contribution in [0.5, 0.6) is 0 Å². The Hall–Kier alpha value is -0.653. The second kappa shape index (κ2) is 7.28. The summed E-state index contributed by atoms with van der Waals surface area (Å²) in [5, 5.41) is 0.180. The van der Waals surface area contributed by atoms with E-state index in [9.17, 15) is 4.79 Å². The lowest BCUT2D eigenvalue weighted by molar-refractivity contribution is -0.116. The Labute approximate surface area is 144 Å². The third-order valence-electron chi connectivity index (χ3n) is 4.49. The first-order valence-electron chi connectivity index (χ1n) is 7.64. The summed E-state index contributed by atoms with van der Waals surface area (Å²) in [7, 11) is -1.78. The molecule has 5 heteroatoms. The van der Waals surface area contributed by atoms with Crippen molar-refractivity contribution in [3.63, 3.8) is 0 Å². The van der Waals surface area contributed by atoms with Crippen molar-refractivity contribution in [3.8, 4) is 0 Å². The van der Waals surface area contributed by atoms with Crippen molar-refractivity contribution >= 4 is 35.8 Å². The molecule has 0 heterocycles. The fourth-order valence-corrected chi connectivity index (χ4v) is 3.33. The minimum Gasteiger partial charge on any atom is -0.415 e. The highest BCUT2D eigenvalue weighted by Gasteiger charge is 2.37. The Morgan fingerprint density at radius 1 is 1.32 bits per heavy atom. The van der Waals surface area contributed by atoms with E-state index < -0.39 is 8.32 Å². The van der Waals surface area contributed by atoms with Gasteiger partial charge in [-0.25, -0.2) is 0 Å². The molecule has 0 aliphatic heterocycles. The number of benzene rings is 1. The van der Waals surface area contributed by atoms with Crippen LogP contribution in [0.4, 0.5) is 5.69 Å². The number of rotatable bonds is 5. The molecule has 0 unspecified atom stereocenters. The molecule has 0 fully saturated rings. The highest BCUT2D eigenvalue weighted by molar-refractivity contribution is 9.10. The predicted molar refractivity (Wildman–Crippen MR) is 100 cm³/mol. The molecule has 0 bridgehead atoms. The molecule has 0 spiro atoms. The van der Waals surface area contributed by atoms with Crippen LogP contribution >= 0.6 is 15.9 Å². The summed E-state index contributed by atoms with van der Waals surface area (Å²) in [4.78, 5) is 13.8. The van der Waals surface area contributed by atoms with Crippen LogP contribution in [0.2, 0.25) is 18.1 Å². The SMILES string of the molecule is CC(=O)N(CCO[Si](C)(C)C(C)(C)C)c1cccc(Br)c1C. The van der Waals surface area contributed by atoms with Crippen LogP contribution in [0, 0.1) is 6.92 Å². The van der Waals surface area contributed by atoms with Crippen molar-refractivity contribution in [1.82, 2.24) is 0 Å². The lowest BCUT2D eigenvalue weighted by Crippen LogP contribution is -2.43. The van der Waals surface area contributed by atoms with Crippen LogP contribution in [0.3, 0.4) is 0 Å². The van der Waals surface area contributed by atoms with Gasteiger partial charge in [0.2, 0.25) is 5.91 Å². The van der Waals surface area contributed by atoms with Crippen molar-refractivity contribution in [2.75, 3.05) is 18.1 Å². The smallest absolute Gasteiger partial charge is 0.223 e. The molecule has 124 valence electrons. The Morgan fingerprint density at radius 3 is 2.41 bits per heavy atom. The number of carbonyl (C=O) groups is 1. The number of carbonyl (C=O) groups excluding carboxylic acids is 1. The van der Waals surface area contributed by atoms with Gasteiger partial charge in [-0.05, 0) is 42.8 Å². The van der Waals surface area contributed by atoms with E-state index in [-0.39, 0.29) is 10.9 Å². The number of amides is 1. The molecule has 0 saturated heterocycles. The lowest BCUT2D eigenvalue weighted by atomic mass is 10.2. The predicted octanol–water partition coefficient (Wildman–Crippen LogP) is 5.13. The van der Waals surface area contributed by atoms with E-state index in [4.69, 9.17) is 4.43 Å². The maximum Gasteiger partial charge on any atom is 0.223 e. The van der Waals surface area contributed by atoms with Gasteiger partial charge in [-0.1, -0.05) is 42.8 Å². The van der Waals surface area contributed by atoms with Gasteiger partial charge in [0.25, 0.3) is 0 Å². The molecule has 0 aliphatic carbocycles.